The summed E-state index contributed by atoms with van der Waals surface area (Å²) in [5, 5.41) is 9.02. The lowest BCUT2D eigenvalue weighted by Crippen LogP contribution is -2.08. The van der Waals surface area contributed by atoms with E-state index in [-0.39, 0.29) is 0 Å². The maximum absolute atomic E-state index is 9.75. The summed E-state index contributed by atoms with van der Waals surface area (Å²) in [6.07, 6.45) is 0. The Morgan fingerprint density at radius 3 is 1.06 bits per heavy atom. The largest absolute Gasteiger partial charge is 0.673 e. The van der Waals surface area contributed by atoms with E-state index in [0.29, 0.717) is 10.7 Å². The van der Waals surface area contributed by atoms with Gasteiger partial charge in [-0.2, -0.15) is 0 Å². The highest BCUT2D eigenvalue weighted by Crippen LogP contribution is 2.28. The van der Waals surface area contributed by atoms with Crippen LogP contribution < -0.4 is 4.90 Å². The molecule has 0 fully saturated rings. The fraction of sp³-hybridized carbons (Fsp3) is 0.250. The van der Waals surface area contributed by atoms with Crippen LogP contribution in [0, 0.1) is 5.39 Å². The van der Waals surface area contributed by atoms with E-state index in [1.165, 1.54) is 0 Å². The van der Waals surface area contributed by atoms with Crippen LogP contribution in [0.5, 0.6) is 0 Å². The third-order valence-corrected chi connectivity index (χ3v) is 1.83. The van der Waals surface area contributed by atoms with Gasteiger partial charge >= 0.3 is 34.7 Å². The van der Waals surface area contributed by atoms with Gasteiger partial charge in [0, 0.05) is 20.2 Å². The molecule has 3 nitrogen and oxygen atoms in total. The molecule has 0 N–H and O–H groups in total. The normalized spacial score (nSPS) is 10.9. The molecule has 0 saturated heterocycles. The molecule has 0 unspecified atom stereocenters. The molecule has 0 heterocycles. The first-order valence-corrected chi connectivity index (χ1v) is 7.34. The van der Waals surface area contributed by atoms with E-state index in [4.69, 9.17) is 17.0 Å². The van der Waals surface area contributed by atoms with Crippen molar-refractivity contribution >= 4 is 52.0 Å². The van der Waals surface area contributed by atoms with Gasteiger partial charge in [0.1, 0.15) is 0 Å². The van der Waals surface area contributed by atoms with Crippen LogP contribution in [0.15, 0.2) is 18.2 Å². The third-order valence-electron chi connectivity index (χ3n) is 1.53. The van der Waals surface area contributed by atoms with Crippen molar-refractivity contribution in [2.24, 2.45) is 0 Å². The first kappa shape index (κ1) is 37.2. The summed E-state index contributed by atoms with van der Waals surface area (Å²) in [6, 6.07) is 5.11. The molecule has 0 aliphatic heterocycles. The minimum Gasteiger partial charge on any atom is -0.418 e. The highest BCUT2D eigenvalue weighted by molar-refractivity contribution is 6.51. The maximum Gasteiger partial charge on any atom is 0.673 e. The minimum absolute atomic E-state index is 0.464. The predicted octanol–water partition coefficient (Wildman–Crippen LogP) is 8.09. The minimum atomic E-state index is -6.00. The Hall–Kier alpha value is -2.13. The van der Waals surface area contributed by atoms with E-state index in [2.05, 4.69) is 4.98 Å². The van der Waals surface area contributed by atoms with Crippen molar-refractivity contribution in [3.63, 3.8) is 0 Å². The van der Waals surface area contributed by atoms with Gasteiger partial charge in [-0.25, -0.2) is 0 Å². The van der Waals surface area contributed by atoms with Gasteiger partial charge in [0.25, 0.3) is 0 Å². The van der Waals surface area contributed by atoms with Crippen molar-refractivity contribution in [3.8, 4) is 0 Å². The number of nitrogens with zero attached hydrogens (tertiary/aromatic N) is 3. The number of halogens is 17. The van der Waals surface area contributed by atoms with Crippen LogP contribution in [0.4, 0.5) is 80.4 Å². The predicted molar refractivity (Wildman–Crippen MR) is 91.3 cm³/mol. The fourth-order valence-corrected chi connectivity index (χ4v) is 1.26. The maximum atomic E-state index is 9.75. The van der Waals surface area contributed by atoms with Crippen molar-refractivity contribution in [2.45, 2.75) is 0 Å². The molecule has 0 atom stereocenters. The van der Waals surface area contributed by atoms with E-state index in [1.807, 2.05) is 19.0 Å². The zero-order valence-electron chi connectivity index (χ0n) is 15.3. The van der Waals surface area contributed by atoms with E-state index >= 15 is 0 Å². The monoisotopic (exact) mass is 530 g/mol. The molecule has 0 saturated carbocycles. The lowest BCUT2D eigenvalue weighted by molar-refractivity contribution is 0.366. The fourth-order valence-electron chi connectivity index (χ4n) is 0.921. The SMILES string of the molecule is CN(C)c1ccc([N+]#N)cc1Cl.F[B-](F)(F)F.F[B-](F)(F)F.F[B-](F)(F)F.F[B-](F)(F)F. The molecule has 0 radical (unpaired) electrons. The van der Waals surface area contributed by atoms with Crippen LogP contribution in [0.25, 0.3) is 4.98 Å². The van der Waals surface area contributed by atoms with Gasteiger partial charge in [0.15, 0.2) is 4.98 Å². The molecule has 0 aliphatic carbocycles. The molecule has 190 valence electrons. The van der Waals surface area contributed by atoms with Crippen LogP contribution in [0.3, 0.4) is 0 Å². The Bertz CT molecular complexity index is 596. The van der Waals surface area contributed by atoms with Crippen LogP contribution in [0.1, 0.15) is 0 Å². The van der Waals surface area contributed by atoms with Crippen molar-refractivity contribution in [2.75, 3.05) is 19.0 Å². The van der Waals surface area contributed by atoms with Crippen molar-refractivity contribution in [1.82, 2.24) is 0 Å². The molecule has 0 spiro atoms. The smallest absolute Gasteiger partial charge is 0.418 e. The molecule has 32 heavy (non-hydrogen) atoms. The van der Waals surface area contributed by atoms with Crippen LogP contribution >= 0.6 is 11.6 Å². The molecular formula is C8H9B4ClF16N3-3. The van der Waals surface area contributed by atoms with Crippen molar-refractivity contribution in [1.29, 1.82) is 5.39 Å². The van der Waals surface area contributed by atoms with E-state index in [0.717, 1.165) is 5.69 Å². The second-order valence-corrected chi connectivity index (χ2v) is 5.02. The van der Waals surface area contributed by atoms with Gasteiger partial charge in [-0.3, -0.25) is 0 Å². The Balaban J connectivity index is -0.000000167. The molecule has 0 aliphatic rings. The summed E-state index contributed by atoms with van der Waals surface area (Å²) in [5.74, 6) is 0. The number of diazo groups is 1. The molecule has 1 rings (SSSR count). The molecule has 0 aromatic heterocycles. The average Bonchev–Trinajstić information content (AvgIpc) is 2.39. The molecule has 1 aromatic carbocycles. The number of rotatable bonds is 1. The van der Waals surface area contributed by atoms with Crippen molar-refractivity contribution in [3.05, 3.63) is 28.2 Å². The second-order valence-electron chi connectivity index (χ2n) is 4.61. The van der Waals surface area contributed by atoms with Crippen molar-refractivity contribution < 1.29 is 69.1 Å². The standard InChI is InChI=1S/C8H9ClN3.4BF4/c1-12(2)8-4-3-6(11-10)5-7(8)9;4*2-1(3,4)5/h3-5H,1-2H3;;;;/q+1;4*-1. The summed E-state index contributed by atoms with van der Waals surface area (Å²) in [4.78, 5) is 4.92. The topological polar surface area (TPSA) is 31.4 Å². The average molecular weight is 530 g/mol. The molecular weight excluding hydrogens is 521 g/mol. The number of anilines is 1. The highest BCUT2D eigenvalue weighted by Gasteiger charge is 2.22. The summed E-state index contributed by atoms with van der Waals surface area (Å²) < 4.78 is 156. The first-order chi connectivity index (χ1) is 13.6. The Kier molecular flexibility index (Phi) is 18.2. The van der Waals surface area contributed by atoms with Crippen LogP contribution in [0.2, 0.25) is 5.02 Å². The quantitative estimate of drug-likeness (QED) is 0.209. The zero-order valence-corrected chi connectivity index (χ0v) is 16.1. The van der Waals surface area contributed by atoms with Gasteiger partial charge in [0.2, 0.25) is 5.39 Å². The lowest BCUT2D eigenvalue weighted by atomic mass is 10.3. The summed E-state index contributed by atoms with van der Waals surface area (Å²) in [7, 11) is -20.2. The van der Waals surface area contributed by atoms with Gasteiger partial charge < -0.3 is 74.0 Å². The summed E-state index contributed by atoms with van der Waals surface area (Å²) in [6.45, 7) is 0. The summed E-state index contributed by atoms with van der Waals surface area (Å²) >= 11 is 5.89. The van der Waals surface area contributed by atoms with E-state index < -0.39 is 29.0 Å². The Morgan fingerprint density at radius 2 is 0.906 bits per heavy atom. The summed E-state index contributed by atoms with van der Waals surface area (Å²) in [5.41, 5.74) is 1.37. The van der Waals surface area contributed by atoms with Gasteiger partial charge in [0.05, 0.1) is 16.8 Å². The third kappa shape index (κ3) is 70.7. The number of hydrogen-bond donors (Lipinski definition) is 0. The van der Waals surface area contributed by atoms with Crippen LogP contribution in [-0.2, 0) is 0 Å². The molecule has 0 bridgehead atoms. The Labute approximate surface area is 174 Å². The van der Waals surface area contributed by atoms with Gasteiger partial charge in [-0.1, -0.05) is 11.6 Å². The number of benzene rings is 1. The second kappa shape index (κ2) is 15.6. The highest BCUT2D eigenvalue weighted by atomic mass is 35.5. The molecule has 24 heteroatoms. The lowest BCUT2D eigenvalue weighted by Gasteiger charge is -2.12. The zero-order chi connectivity index (χ0) is 27.1. The van der Waals surface area contributed by atoms with Gasteiger partial charge in [-0.05, 0) is 6.07 Å². The van der Waals surface area contributed by atoms with E-state index in [9.17, 15) is 69.1 Å². The number of hydrogen-bond acceptors (Lipinski definition) is 2. The van der Waals surface area contributed by atoms with Gasteiger partial charge in [-0.15, -0.1) is 0 Å². The van der Waals surface area contributed by atoms with E-state index in [1.54, 1.807) is 18.2 Å². The molecule has 0 amide bonds. The van der Waals surface area contributed by atoms with Crippen LogP contribution in [-0.4, -0.2) is 43.1 Å². The first-order valence-electron chi connectivity index (χ1n) is 6.96. The Morgan fingerprint density at radius 1 is 0.656 bits per heavy atom. The molecule has 1 aromatic rings.